The highest BCUT2D eigenvalue weighted by atomic mass is 19.1. The number of aromatic nitrogens is 1. The van der Waals surface area contributed by atoms with Crippen molar-refractivity contribution in [1.82, 2.24) is 4.98 Å². The van der Waals surface area contributed by atoms with Gasteiger partial charge in [0.25, 0.3) is 0 Å². The number of nitrogens with zero attached hydrogens (tertiary/aromatic N) is 3. The SMILES string of the molecule is N#Cc1ccc(/C=C/C(=O)c2cc(F)c(N)c([N+](=O)[O-])c2O)cn1. The lowest BCUT2D eigenvalue weighted by molar-refractivity contribution is -0.385. The Morgan fingerprint density at radius 1 is 1.50 bits per heavy atom. The monoisotopic (exact) mass is 328 g/mol. The van der Waals surface area contributed by atoms with Crippen LogP contribution < -0.4 is 5.73 Å². The zero-order chi connectivity index (χ0) is 17.9. The van der Waals surface area contributed by atoms with E-state index in [-0.39, 0.29) is 5.69 Å². The summed E-state index contributed by atoms with van der Waals surface area (Å²) in [6.45, 7) is 0. The Balaban J connectivity index is 2.37. The van der Waals surface area contributed by atoms with Gasteiger partial charge < -0.3 is 10.8 Å². The standard InChI is InChI=1S/C15H9FN4O4/c16-11-5-10(15(22)14(13(11)18)20(23)24)12(21)4-2-8-1-3-9(6-17)19-7-8/h1-5,7,22H,18H2/b4-2+. The molecule has 1 aromatic carbocycles. The molecule has 0 spiro atoms. The van der Waals surface area contributed by atoms with Crippen molar-refractivity contribution >= 4 is 23.2 Å². The number of allylic oxidation sites excluding steroid dienone is 1. The van der Waals surface area contributed by atoms with Gasteiger partial charge in [0, 0.05) is 6.20 Å². The van der Waals surface area contributed by atoms with Gasteiger partial charge in [-0.2, -0.15) is 5.26 Å². The molecule has 8 nitrogen and oxygen atoms in total. The van der Waals surface area contributed by atoms with Crippen molar-refractivity contribution in [2.45, 2.75) is 0 Å². The first-order valence-electron chi connectivity index (χ1n) is 6.39. The number of ketones is 1. The van der Waals surface area contributed by atoms with Gasteiger partial charge in [-0.15, -0.1) is 0 Å². The predicted octanol–water partition coefficient (Wildman–Crippen LogP) is 2.18. The van der Waals surface area contributed by atoms with Gasteiger partial charge >= 0.3 is 5.69 Å². The lowest BCUT2D eigenvalue weighted by Crippen LogP contribution is -2.04. The van der Waals surface area contributed by atoms with Gasteiger partial charge in [0.15, 0.2) is 17.3 Å². The van der Waals surface area contributed by atoms with Gasteiger partial charge in [-0.25, -0.2) is 9.37 Å². The van der Waals surface area contributed by atoms with Gasteiger partial charge in [-0.3, -0.25) is 14.9 Å². The summed E-state index contributed by atoms with van der Waals surface area (Å²) in [6.07, 6.45) is 3.61. The Labute approximate surface area is 134 Å². The topological polar surface area (TPSA) is 143 Å². The van der Waals surface area contributed by atoms with E-state index in [1.54, 1.807) is 0 Å². The maximum Gasteiger partial charge on any atom is 0.337 e. The number of rotatable bonds is 4. The number of phenolic OH excluding ortho intramolecular Hbond substituents is 1. The largest absolute Gasteiger partial charge is 0.502 e. The fourth-order valence-electron chi connectivity index (χ4n) is 1.85. The lowest BCUT2D eigenvalue weighted by Gasteiger charge is -2.05. The van der Waals surface area contributed by atoms with E-state index < -0.39 is 39.2 Å². The maximum absolute atomic E-state index is 13.6. The minimum absolute atomic E-state index is 0.187. The molecule has 1 aromatic heterocycles. The number of hydrogen-bond acceptors (Lipinski definition) is 7. The Morgan fingerprint density at radius 3 is 2.75 bits per heavy atom. The molecule has 9 heteroatoms. The van der Waals surface area contributed by atoms with E-state index in [2.05, 4.69) is 4.98 Å². The number of benzene rings is 1. The molecule has 0 aliphatic carbocycles. The Bertz CT molecular complexity index is 901. The summed E-state index contributed by atoms with van der Waals surface area (Å²) in [5, 5.41) is 29.3. The van der Waals surface area contributed by atoms with Gasteiger partial charge in [0.2, 0.25) is 5.75 Å². The smallest absolute Gasteiger partial charge is 0.337 e. The number of hydrogen-bond donors (Lipinski definition) is 2. The van der Waals surface area contributed by atoms with Crippen molar-refractivity contribution < 1.29 is 19.2 Å². The number of pyridine rings is 1. The van der Waals surface area contributed by atoms with Crippen LogP contribution in [0.4, 0.5) is 15.8 Å². The molecule has 0 fully saturated rings. The summed E-state index contributed by atoms with van der Waals surface area (Å²) in [7, 11) is 0. The molecule has 0 aliphatic rings. The third kappa shape index (κ3) is 3.17. The molecule has 0 saturated heterocycles. The summed E-state index contributed by atoms with van der Waals surface area (Å²) < 4.78 is 13.6. The molecule has 0 bridgehead atoms. The van der Waals surface area contributed by atoms with Crippen molar-refractivity contribution in [1.29, 1.82) is 5.26 Å². The summed E-state index contributed by atoms with van der Waals surface area (Å²) in [5.41, 5.74) is 3.35. The summed E-state index contributed by atoms with van der Waals surface area (Å²) in [4.78, 5) is 25.6. The van der Waals surface area contributed by atoms with Crippen LogP contribution in [0.1, 0.15) is 21.6 Å². The van der Waals surface area contributed by atoms with Gasteiger partial charge in [0.05, 0.1) is 10.5 Å². The fraction of sp³-hybridized carbons (Fsp3) is 0. The zero-order valence-electron chi connectivity index (χ0n) is 11.9. The first kappa shape index (κ1) is 16.6. The van der Waals surface area contributed by atoms with Gasteiger partial charge in [-0.1, -0.05) is 6.07 Å². The first-order valence-corrected chi connectivity index (χ1v) is 6.39. The van der Waals surface area contributed by atoms with Crippen molar-refractivity contribution in [2.24, 2.45) is 0 Å². The van der Waals surface area contributed by atoms with Crippen LogP contribution in [0.3, 0.4) is 0 Å². The van der Waals surface area contributed by atoms with Crippen molar-refractivity contribution in [3.05, 3.63) is 63.2 Å². The minimum Gasteiger partial charge on any atom is -0.502 e. The van der Waals surface area contributed by atoms with E-state index in [1.807, 2.05) is 6.07 Å². The minimum atomic E-state index is -1.18. The third-order valence-electron chi connectivity index (χ3n) is 3.04. The molecule has 1 heterocycles. The molecule has 0 radical (unpaired) electrons. The highest BCUT2D eigenvalue weighted by molar-refractivity contribution is 6.09. The highest BCUT2D eigenvalue weighted by Crippen LogP contribution is 2.37. The quantitative estimate of drug-likeness (QED) is 0.288. The lowest BCUT2D eigenvalue weighted by atomic mass is 10.1. The highest BCUT2D eigenvalue weighted by Gasteiger charge is 2.27. The van der Waals surface area contributed by atoms with E-state index in [0.29, 0.717) is 11.6 Å². The second-order valence-corrected chi connectivity index (χ2v) is 4.56. The van der Waals surface area contributed by atoms with Gasteiger partial charge in [0.1, 0.15) is 11.8 Å². The Kier molecular flexibility index (Phi) is 4.51. The molecule has 0 amide bonds. The van der Waals surface area contributed by atoms with Crippen molar-refractivity contribution in [3.8, 4) is 11.8 Å². The molecule has 2 rings (SSSR count). The van der Waals surface area contributed by atoms with Crippen molar-refractivity contribution in [2.75, 3.05) is 5.73 Å². The average Bonchev–Trinajstić information content (AvgIpc) is 2.56. The number of nitro groups is 1. The van der Waals surface area contributed by atoms with Crippen molar-refractivity contribution in [3.63, 3.8) is 0 Å². The van der Waals surface area contributed by atoms with Crippen LogP contribution in [0.5, 0.6) is 5.75 Å². The molecule has 0 saturated carbocycles. The third-order valence-corrected chi connectivity index (χ3v) is 3.04. The molecule has 0 atom stereocenters. The number of aromatic hydroxyl groups is 1. The Morgan fingerprint density at radius 2 is 2.21 bits per heavy atom. The molecular formula is C15H9FN4O4. The second-order valence-electron chi connectivity index (χ2n) is 4.56. The van der Waals surface area contributed by atoms with Crippen LogP contribution in [-0.2, 0) is 0 Å². The van der Waals surface area contributed by atoms with Crippen LogP contribution >= 0.6 is 0 Å². The second kappa shape index (κ2) is 6.53. The molecule has 3 N–H and O–H groups in total. The summed E-state index contributed by atoms with van der Waals surface area (Å²) in [6, 6.07) is 5.40. The summed E-state index contributed by atoms with van der Waals surface area (Å²) >= 11 is 0. The van der Waals surface area contributed by atoms with E-state index in [1.165, 1.54) is 24.4 Å². The number of phenols is 1. The maximum atomic E-state index is 13.6. The van der Waals surface area contributed by atoms with Crippen LogP contribution in [0.2, 0.25) is 0 Å². The number of carbonyl (C=O) groups excluding carboxylic acids is 1. The number of nitro benzene ring substituents is 1. The van der Waals surface area contributed by atoms with Crippen LogP contribution in [0.25, 0.3) is 6.08 Å². The van der Waals surface area contributed by atoms with Gasteiger partial charge in [-0.05, 0) is 29.8 Å². The molecule has 2 aromatic rings. The van der Waals surface area contributed by atoms with E-state index in [0.717, 1.165) is 6.08 Å². The zero-order valence-corrected chi connectivity index (χ0v) is 11.9. The number of nitriles is 1. The van der Waals surface area contributed by atoms with E-state index in [9.17, 15) is 24.4 Å². The first-order chi connectivity index (χ1) is 11.3. The van der Waals surface area contributed by atoms with Crippen LogP contribution in [0.15, 0.2) is 30.5 Å². The fourth-order valence-corrected chi connectivity index (χ4v) is 1.85. The number of nitrogens with two attached hydrogens (primary N) is 1. The molecule has 24 heavy (non-hydrogen) atoms. The number of nitrogen functional groups attached to an aromatic ring is 1. The van der Waals surface area contributed by atoms with Crippen LogP contribution in [-0.4, -0.2) is 20.8 Å². The van der Waals surface area contributed by atoms with E-state index in [4.69, 9.17) is 11.0 Å². The number of anilines is 1. The average molecular weight is 328 g/mol. The predicted molar refractivity (Wildman–Crippen MR) is 81.4 cm³/mol. The molecule has 120 valence electrons. The molecular weight excluding hydrogens is 319 g/mol. The molecule has 0 unspecified atom stereocenters. The molecule has 0 aliphatic heterocycles. The number of halogens is 1. The Hall–Kier alpha value is -3.80. The normalized spacial score (nSPS) is 10.5. The summed E-state index contributed by atoms with van der Waals surface area (Å²) in [5.74, 6) is -3.05. The van der Waals surface area contributed by atoms with E-state index >= 15 is 0 Å². The number of carbonyl (C=O) groups is 1. The van der Waals surface area contributed by atoms with Crippen LogP contribution in [0, 0.1) is 27.3 Å².